The Hall–Kier alpha value is -3.41. The number of benzene rings is 1. The van der Waals surface area contributed by atoms with Crippen LogP contribution in [0, 0.1) is 24.1 Å². The molecule has 0 bridgehead atoms. The Morgan fingerprint density at radius 2 is 1.86 bits per heavy atom. The van der Waals surface area contributed by atoms with Crippen LogP contribution >= 0.6 is 0 Å². The van der Waals surface area contributed by atoms with Crippen molar-refractivity contribution in [1.82, 2.24) is 14.7 Å². The van der Waals surface area contributed by atoms with Gasteiger partial charge in [0.1, 0.15) is 16.8 Å². The van der Waals surface area contributed by atoms with Crippen molar-refractivity contribution in [1.29, 1.82) is 5.26 Å². The average Bonchev–Trinajstić information content (AvgIpc) is 2.85. The monoisotopic (exact) mass is 520 g/mol. The number of aromatic nitrogens is 2. The number of allylic oxidation sites excluding steroid dienone is 2. The normalized spacial score (nSPS) is 13.6. The van der Waals surface area contributed by atoms with Crippen molar-refractivity contribution in [3.8, 4) is 6.07 Å². The van der Waals surface area contributed by atoms with Crippen molar-refractivity contribution in [2.75, 3.05) is 0 Å². The maximum atomic E-state index is 14.9. The highest BCUT2D eigenvalue weighted by atomic mass is 32.2. The number of halogens is 1. The number of hydrogen-bond donors (Lipinski definition) is 1. The molecule has 0 fully saturated rings. The molecule has 6 nitrogen and oxygen atoms in total. The Balaban J connectivity index is 2.29. The lowest BCUT2D eigenvalue weighted by Crippen LogP contribution is -2.40. The Morgan fingerprint density at radius 1 is 1.14 bits per heavy atom. The fourth-order valence-electron chi connectivity index (χ4n) is 4.33. The molecule has 0 aliphatic rings. The largest absolute Gasteiger partial charge is 0.261 e. The SMILES string of the molecule is CCc1cc(C)c(C(C#N)=C(c2ccc(S(=O)(=O)NC(C)(C)C)cn2)C(CC)c2ccccn2)cc1F. The van der Waals surface area contributed by atoms with Gasteiger partial charge in [-0.05, 0) is 87.6 Å². The second-order valence-electron chi connectivity index (χ2n) is 9.96. The van der Waals surface area contributed by atoms with Crippen LogP contribution in [0.15, 0.2) is 59.8 Å². The number of nitrogens with one attached hydrogen (secondary N) is 1. The summed E-state index contributed by atoms with van der Waals surface area (Å²) in [5.41, 5.74) is 3.21. The van der Waals surface area contributed by atoms with Crippen molar-refractivity contribution in [3.05, 3.63) is 88.8 Å². The molecule has 194 valence electrons. The van der Waals surface area contributed by atoms with E-state index in [4.69, 9.17) is 0 Å². The van der Waals surface area contributed by atoms with Crippen molar-refractivity contribution < 1.29 is 12.8 Å². The number of nitriles is 1. The molecule has 0 saturated carbocycles. The predicted molar refractivity (Wildman–Crippen MR) is 145 cm³/mol. The minimum atomic E-state index is -3.79. The van der Waals surface area contributed by atoms with Gasteiger partial charge in [-0.15, -0.1) is 0 Å². The Bertz CT molecular complexity index is 1440. The summed E-state index contributed by atoms with van der Waals surface area (Å²) in [4.78, 5) is 9.04. The highest BCUT2D eigenvalue weighted by Gasteiger charge is 2.27. The van der Waals surface area contributed by atoms with E-state index in [1.165, 1.54) is 18.3 Å². The second-order valence-corrected chi connectivity index (χ2v) is 11.6. The molecule has 0 aliphatic heterocycles. The Kier molecular flexibility index (Phi) is 8.62. The Morgan fingerprint density at radius 3 is 2.38 bits per heavy atom. The van der Waals surface area contributed by atoms with Gasteiger partial charge in [0.2, 0.25) is 10.0 Å². The van der Waals surface area contributed by atoms with E-state index < -0.39 is 15.6 Å². The molecule has 0 aliphatic carbocycles. The molecule has 2 heterocycles. The smallest absolute Gasteiger partial charge is 0.242 e. The minimum Gasteiger partial charge on any atom is -0.261 e. The zero-order valence-electron chi connectivity index (χ0n) is 22.1. The van der Waals surface area contributed by atoms with Crippen LogP contribution in [0.3, 0.4) is 0 Å². The molecule has 0 spiro atoms. The van der Waals surface area contributed by atoms with Crippen molar-refractivity contribution in [2.45, 2.75) is 70.7 Å². The summed E-state index contributed by atoms with van der Waals surface area (Å²) < 4.78 is 43.2. The summed E-state index contributed by atoms with van der Waals surface area (Å²) in [7, 11) is -3.79. The summed E-state index contributed by atoms with van der Waals surface area (Å²) in [5, 5.41) is 10.4. The fraction of sp³-hybridized carbons (Fsp3) is 0.345. The van der Waals surface area contributed by atoms with Crippen LogP contribution < -0.4 is 4.72 Å². The van der Waals surface area contributed by atoms with E-state index in [1.807, 2.05) is 39.0 Å². The molecule has 3 aromatic rings. The fourth-order valence-corrected chi connectivity index (χ4v) is 5.69. The molecular formula is C29H33FN4O2S. The van der Waals surface area contributed by atoms with Crippen LogP contribution in [-0.4, -0.2) is 23.9 Å². The molecule has 1 aromatic carbocycles. The minimum absolute atomic E-state index is 0.0180. The number of hydrogen-bond acceptors (Lipinski definition) is 5. The van der Waals surface area contributed by atoms with Crippen LogP contribution in [0.2, 0.25) is 0 Å². The first-order chi connectivity index (χ1) is 17.4. The van der Waals surface area contributed by atoms with E-state index >= 15 is 0 Å². The first-order valence-electron chi connectivity index (χ1n) is 12.3. The summed E-state index contributed by atoms with van der Waals surface area (Å²) >= 11 is 0. The van der Waals surface area contributed by atoms with Gasteiger partial charge in [-0.1, -0.05) is 26.0 Å². The first kappa shape index (κ1) is 28.2. The average molecular weight is 521 g/mol. The van der Waals surface area contributed by atoms with Gasteiger partial charge in [-0.2, -0.15) is 5.26 Å². The van der Waals surface area contributed by atoms with E-state index in [9.17, 15) is 18.1 Å². The molecule has 3 rings (SSSR count). The van der Waals surface area contributed by atoms with Gasteiger partial charge in [-0.25, -0.2) is 17.5 Å². The number of pyridine rings is 2. The first-order valence-corrected chi connectivity index (χ1v) is 13.7. The molecule has 1 atom stereocenters. The number of nitrogens with zero attached hydrogens (tertiary/aromatic N) is 3. The molecule has 0 amide bonds. The molecule has 0 radical (unpaired) electrons. The molecule has 1 unspecified atom stereocenters. The number of rotatable bonds is 8. The number of sulfonamides is 1. The van der Waals surface area contributed by atoms with Crippen molar-refractivity contribution in [2.24, 2.45) is 0 Å². The second kappa shape index (κ2) is 11.3. The van der Waals surface area contributed by atoms with Gasteiger partial charge < -0.3 is 0 Å². The molecule has 8 heteroatoms. The summed E-state index contributed by atoms with van der Waals surface area (Å²) in [5.74, 6) is -0.699. The highest BCUT2D eigenvalue weighted by Crippen LogP contribution is 2.40. The molecule has 0 saturated heterocycles. The summed E-state index contributed by atoms with van der Waals surface area (Å²) in [6.45, 7) is 11.0. The third kappa shape index (κ3) is 6.48. The van der Waals surface area contributed by atoms with Gasteiger partial charge in [0, 0.05) is 35.1 Å². The van der Waals surface area contributed by atoms with Crippen LogP contribution in [0.5, 0.6) is 0 Å². The van der Waals surface area contributed by atoms with Gasteiger partial charge in [0.15, 0.2) is 0 Å². The van der Waals surface area contributed by atoms with Gasteiger partial charge in [0.05, 0.1) is 11.3 Å². The van der Waals surface area contributed by atoms with Crippen LogP contribution in [-0.2, 0) is 16.4 Å². The zero-order chi connectivity index (χ0) is 27.4. The molecule has 2 aromatic heterocycles. The van der Waals surface area contributed by atoms with E-state index in [0.29, 0.717) is 35.2 Å². The maximum Gasteiger partial charge on any atom is 0.242 e. The van der Waals surface area contributed by atoms with Crippen molar-refractivity contribution in [3.63, 3.8) is 0 Å². The quantitative estimate of drug-likeness (QED) is 0.357. The molecule has 37 heavy (non-hydrogen) atoms. The predicted octanol–water partition coefficient (Wildman–Crippen LogP) is 6.19. The summed E-state index contributed by atoms with van der Waals surface area (Å²) in [6, 6.07) is 14.1. The van der Waals surface area contributed by atoms with Crippen LogP contribution in [0.25, 0.3) is 11.1 Å². The lowest BCUT2D eigenvalue weighted by atomic mass is 9.83. The standard InChI is InChI=1S/C29H33FN4O2S/c1-7-20-15-19(3)23(16-25(20)30)24(17-31)28(22(8-2)26-11-9-10-14-32-26)27-13-12-21(18-33-27)37(35,36)34-29(4,5)6/h9-16,18,22,34H,7-8H2,1-6H3. The molecule has 1 N–H and O–H groups in total. The maximum absolute atomic E-state index is 14.9. The van der Waals surface area contributed by atoms with E-state index in [-0.39, 0.29) is 22.2 Å². The highest BCUT2D eigenvalue weighted by molar-refractivity contribution is 7.89. The lowest BCUT2D eigenvalue weighted by Gasteiger charge is -2.22. The molecular weight excluding hydrogens is 487 g/mol. The van der Waals surface area contributed by atoms with E-state index in [1.54, 1.807) is 39.1 Å². The van der Waals surface area contributed by atoms with Crippen LogP contribution in [0.4, 0.5) is 4.39 Å². The third-order valence-corrected chi connectivity index (χ3v) is 7.73. The Labute approximate surface area is 219 Å². The number of aryl methyl sites for hydroxylation is 2. The van der Waals surface area contributed by atoms with Gasteiger partial charge in [0.25, 0.3) is 0 Å². The lowest BCUT2D eigenvalue weighted by molar-refractivity contribution is 0.491. The van der Waals surface area contributed by atoms with Gasteiger partial charge in [-0.3, -0.25) is 9.97 Å². The van der Waals surface area contributed by atoms with Crippen LogP contribution in [0.1, 0.15) is 75.0 Å². The van der Waals surface area contributed by atoms with E-state index in [0.717, 1.165) is 11.3 Å². The summed E-state index contributed by atoms with van der Waals surface area (Å²) in [6.07, 6.45) is 4.11. The topological polar surface area (TPSA) is 95.7 Å². The van der Waals surface area contributed by atoms with Gasteiger partial charge >= 0.3 is 0 Å². The van der Waals surface area contributed by atoms with Crippen molar-refractivity contribution >= 4 is 21.2 Å². The third-order valence-electron chi connectivity index (χ3n) is 5.99. The zero-order valence-corrected chi connectivity index (χ0v) is 22.9. The van der Waals surface area contributed by atoms with E-state index in [2.05, 4.69) is 20.8 Å².